The van der Waals surface area contributed by atoms with Gasteiger partial charge in [0.25, 0.3) is 17.7 Å². The van der Waals surface area contributed by atoms with E-state index < -0.39 is 36.3 Å². The largest absolute Gasteiger partial charge is 0.454 e. The van der Waals surface area contributed by atoms with Crippen molar-refractivity contribution in [2.24, 2.45) is 0 Å². The summed E-state index contributed by atoms with van der Waals surface area (Å²) in [5.74, 6) is -2.41. The Hall–Kier alpha value is -4.26. The average molecular weight is 456 g/mol. The highest BCUT2D eigenvalue weighted by atomic mass is 16.5. The SMILES string of the molecule is CC(NC(=O)COC(=O)C(Cc1ccccc1)N1C(=O)c2ccccc2C1=O)c1ccccc1. The van der Waals surface area contributed by atoms with Gasteiger partial charge in [-0.2, -0.15) is 0 Å². The number of nitrogens with zero attached hydrogens (tertiary/aromatic N) is 1. The van der Waals surface area contributed by atoms with E-state index >= 15 is 0 Å². The van der Waals surface area contributed by atoms with Crippen molar-refractivity contribution in [2.45, 2.75) is 25.4 Å². The number of imide groups is 1. The van der Waals surface area contributed by atoms with Crippen molar-refractivity contribution in [1.29, 1.82) is 0 Å². The minimum absolute atomic E-state index is 0.0766. The molecule has 1 aliphatic rings. The topological polar surface area (TPSA) is 92.8 Å². The molecular weight excluding hydrogens is 432 g/mol. The van der Waals surface area contributed by atoms with Crippen LogP contribution in [0.15, 0.2) is 84.9 Å². The number of esters is 1. The van der Waals surface area contributed by atoms with Gasteiger partial charge in [-0.15, -0.1) is 0 Å². The molecule has 7 nitrogen and oxygen atoms in total. The lowest BCUT2D eigenvalue weighted by atomic mass is 10.0. The molecule has 7 heteroatoms. The summed E-state index contributed by atoms with van der Waals surface area (Å²) in [4.78, 5) is 52.4. The van der Waals surface area contributed by atoms with Gasteiger partial charge in [-0.3, -0.25) is 19.3 Å². The Kier molecular flexibility index (Phi) is 6.82. The number of ether oxygens (including phenoxy) is 1. The summed E-state index contributed by atoms with van der Waals surface area (Å²) in [6, 6.07) is 23.4. The maximum Gasteiger partial charge on any atom is 0.330 e. The molecule has 3 amide bonds. The summed E-state index contributed by atoms with van der Waals surface area (Å²) >= 11 is 0. The Morgan fingerprint density at radius 1 is 0.824 bits per heavy atom. The molecule has 2 atom stereocenters. The summed E-state index contributed by atoms with van der Waals surface area (Å²) in [5, 5.41) is 2.78. The van der Waals surface area contributed by atoms with E-state index in [0.717, 1.165) is 16.0 Å². The van der Waals surface area contributed by atoms with Crippen LogP contribution < -0.4 is 5.32 Å². The lowest BCUT2D eigenvalue weighted by Gasteiger charge is -2.25. The van der Waals surface area contributed by atoms with Crippen molar-refractivity contribution in [1.82, 2.24) is 10.2 Å². The van der Waals surface area contributed by atoms with Crippen LogP contribution in [0.25, 0.3) is 0 Å². The van der Waals surface area contributed by atoms with Crippen LogP contribution in [0.2, 0.25) is 0 Å². The fraction of sp³-hybridized carbons (Fsp3) is 0.185. The third-order valence-corrected chi connectivity index (χ3v) is 5.70. The van der Waals surface area contributed by atoms with Gasteiger partial charge in [0.2, 0.25) is 0 Å². The zero-order valence-electron chi connectivity index (χ0n) is 18.6. The molecule has 34 heavy (non-hydrogen) atoms. The van der Waals surface area contributed by atoms with Crippen molar-refractivity contribution in [3.05, 3.63) is 107 Å². The second kappa shape index (κ2) is 10.1. The van der Waals surface area contributed by atoms with E-state index in [1.54, 1.807) is 48.5 Å². The highest BCUT2D eigenvalue weighted by Crippen LogP contribution is 2.26. The molecule has 3 aromatic carbocycles. The fourth-order valence-electron chi connectivity index (χ4n) is 3.95. The highest BCUT2D eigenvalue weighted by molar-refractivity contribution is 6.22. The first-order valence-electron chi connectivity index (χ1n) is 11.0. The number of rotatable bonds is 8. The Balaban J connectivity index is 1.48. The van der Waals surface area contributed by atoms with Crippen molar-refractivity contribution in [2.75, 3.05) is 6.61 Å². The number of fused-ring (bicyclic) bond motifs is 1. The van der Waals surface area contributed by atoms with Gasteiger partial charge in [0.15, 0.2) is 6.61 Å². The molecule has 4 rings (SSSR count). The first kappa shape index (κ1) is 22.9. The van der Waals surface area contributed by atoms with Crippen LogP contribution in [0.3, 0.4) is 0 Å². The maximum atomic E-state index is 13.1. The van der Waals surface area contributed by atoms with Crippen LogP contribution in [0.1, 0.15) is 44.8 Å². The Labute approximate surface area is 197 Å². The van der Waals surface area contributed by atoms with E-state index in [2.05, 4.69) is 5.32 Å². The zero-order chi connectivity index (χ0) is 24.1. The van der Waals surface area contributed by atoms with Crippen LogP contribution >= 0.6 is 0 Å². The van der Waals surface area contributed by atoms with Gasteiger partial charge in [-0.1, -0.05) is 72.8 Å². The number of hydrogen-bond acceptors (Lipinski definition) is 5. The lowest BCUT2D eigenvalue weighted by Crippen LogP contribution is -2.47. The summed E-state index contributed by atoms with van der Waals surface area (Å²) in [6.45, 7) is 1.30. The van der Waals surface area contributed by atoms with Crippen molar-refractivity contribution < 1.29 is 23.9 Å². The van der Waals surface area contributed by atoms with Gasteiger partial charge in [0.05, 0.1) is 17.2 Å². The number of carbonyl (C=O) groups is 4. The van der Waals surface area contributed by atoms with Gasteiger partial charge in [0, 0.05) is 6.42 Å². The van der Waals surface area contributed by atoms with E-state index in [-0.39, 0.29) is 23.6 Å². The quantitative estimate of drug-likeness (QED) is 0.415. The smallest absolute Gasteiger partial charge is 0.330 e. The molecule has 1 heterocycles. The van der Waals surface area contributed by atoms with E-state index in [0.29, 0.717) is 0 Å². The third-order valence-electron chi connectivity index (χ3n) is 5.70. The molecule has 3 aromatic rings. The molecule has 0 spiro atoms. The maximum absolute atomic E-state index is 13.1. The number of amides is 3. The van der Waals surface area contributed by atoms with Crippen molar-refractivity contribution >= 4 is 23.7 Å². The van der Waals surface area contributed by atoms with Crippen LogP contribution in [0.4, 0.5) is 0 Å². The van der Waals surface area contributed by atoms with Crippen LogP contribution in [0.5, 0.6) is 0 Å². The molecule has 1 aliphatic heterocycles. The molecule has 172 valence electrons. The third kappa shape index (κ3) is 4.88. The molecule has 0 saturated carbocycles. The Bertz CT molecular complexity index is 1170. The molecule has 0 bridgehead atoms. The zero-order valence-corrected chi connectivity index (χ0v) is 18.6. The number of hydrogen-bond donors (Lipinski definition) is 1. The molecule has 2 unspecified atom stereocenters. The van der Waals surface area contributed by atoms with E-state index in [9.17, 15) is 19.2 Å². The summed E-state index contributed by atoms with van der Waals surface area (Å²) in [7, 11) is 0. The highest BCUT2D eigenvalue weighted by Gasteiger charge is 2.43. The molecule has 0 fully saturated rings. The average Bonchev–Trinajstić information content (AvgIpc) is 3.12. The molecule has 0 radical (unpaired) electrons. The van der Waals surface area contributed by atoms with Gasteiger partial charge < -0.3 is 10.1 Å². The summed E-state index contributed by atoms with van der Waals surface area (Å²) in [5.41, 5.74) is 2.15. The molecule has 0 aromatic heterocycles. The minimum atomic E-state index is -1.20. The van der Waals surface area contributed by atoms with E-state index in [1.165, 1.54) is 0 Å². The number of carbonyl (C=O) groups excluding carboxylic acids is 4. The van der Waals surface area contributed by atoms with Gasteiger partial charge >= 0.3 is 5.97 Å². The molecule has 0 saturated heterocycles. The predicted octanol–water partition coefficient (Wildman–Crippen LogP) is 3.31. The van der Waals surface area contributed by atoms with Crippen LogP contribution in [-0.2, 0) is 20.7 Å². The minimum Gasteiger partial charge on any atom is -0.454 e. The van der Waals surface area contributed by atoms with Crippen LogP contribution in [0, 0.1) is 0 Å². The monoisotopic (exact) mass is 456 g/mol. The second-order valence-electron chi connectivity index (χ2n) is 8.04. The fourth-order valence-corrected chi connectivity index (χ4v) is 3.95. The molecular formula is C27H24N2O5. The Morgan fingerprint density at radius 2 is 1.35 bits per heavy atom. The first-order chi connectivity index (χ1) is 16.5. The van der Waals surface area contributed by atoms with Crippen molar-refractivity contribution in [3.63, 3.8) is 0 Å². The standard InChI is InChI=1S/C27H24N2O5/c1-18(20-12-6-3-7-13-20)28-24(30)17-34-27(33)23(16-19-10-4-2-5-11-19)29-25(31)21-14-8-9-15-22(21)26(29)32/h2-15,18,23H,16-17H2,1H3,(H,28,30). The molecule has 1 N–H and O–H groups in total. The predicted molar refractivity (Wildman–Crippen MR) is 125 cm³/mol. The van der Waals surface area contributed by atoms with E-state index in [1.807, 2.05) is 43.3 Å². The van der Waals surface area contributed by atoms with Crippen molar-refractivity contribution in [3.8, 4) is 0 Å². The number of benzene rings is 3. The molecule has 0 aliphatic carbocycles. The van der Waals surface area contributed by atoms with Gasteiger partial charge in [-0.05, 0) is 30.2 Å². The second-order valence-corrected chi connectivity index (χ2v) is 8.04. The van der Waals surface area contributed by atoms with Gasteiger partial charge in [-0.25, -0.2) is 4.79 Å². The Morgan fingerprint density at radius 3 is 1.94 bits per heavy atom. The number of nitrogens with one attached hydrogen (secondary N) is 1. The normalized spacial score (nSPS) is 14.3. The van der Waals surface area contributed by atoms with E-state index in [4.69, 9.17) is 4.74 Å². The summed E-state index contributed by atoms with van der Waals surface area (Å²) in [6.07, 6.45) is 0.0766. The van der Waals surface area contributed by atoms with Gasteiger partial charge in [0.1, 0.15) is 6.04 Å². The van der Waals surface area contributed by atoms with Crippen LogP contribution in [-0.4, -0.2) is 41.2 Å². The lowest BCUT2D eigenvalue weighted by molar-refractivity contribution is -0.152. The first-order valence-corrected chi connectivity index (χ1v) is 11.0. The summed E-state index contributed by atoms with van der Waals surface area (Å²) < 4.78 is 5.29.